The fraction of sp³-hybridized carbons (Fsp3) is 0.423. The van der Waals surface area contributed by atoms with E-state index in [0.29, 0.717) is 12.6 Å². The Labute approximate surface area is 207 Å². The second-order valence-electron chi connectivity index (χ2n) is 9.15. The van der Waals surface area contributed by atoms with Gasteiger partial charge in [0.05, 0.1) is 12.6 Å². The summed E-state index contributed by atoms with van der Waals surface area (Å²) < 4.78 is 43.2. The molecule has 0 aliphatic carbocycles. The normalized spacial score (nSPS) is 20.5. The maximum absolute atomic E-state index is 10.6. The number of alkyl halides is 3. The van der Waals surface area contributed by atoms with Gasteiger partial charge in [0, 0.05) is 42.3 Å². The lowest BCUT2D eigenvalue weighted by atomic mass is 9.86. The third-order valence-corrected chi connectivity index (χ3v) is 6.83. The van der Waals surface area contributed by atoms with Crippen molar-refractivity contribution in [3.63, 3.8) is 0 Å². The molecule has 1 aromatic heterocycles. The number of aromatic amines is 1. The molecule has 3 aromatic rings. The van der Waals surface area contributed by atoms with Crippen molar-refractivity contribution >= 4 is 16.9 Å². The molecule has 3 heterocycles. The van der Waals surface area contributed by atoms with Crippen molar-refractivity contribution in [1.29, 1.82) is 0 Å². The molecular weight excluding hydrogens is 475 g/mol. The number of benzene rings is 2. The molecule has 0 bridgehead atoms. The van der Waals surface area contributed by atoms with Crippen molar-refractivity contribution in [2.75, 3.05) is 33.4 Å². The molecule has 194 valence electrons. The number of halogens is 3. The van der Waals surface area contributed by atoms with Gasteiger partial charge >= 0.3 is 12.1 Å². The smallest absolute Gasteiger partial charge is 0.490 e. The molecule has 1 spiro atoms. The van der Waals surface area contributed by atoms with E-state index < -0.39 is 12.1 Å². The summed E-state index contributed by atoms with van der Waals surface area (Å²) in [4.78, 5) is 15.2. The largest absolute Gasteiger partial charge is 0.497 e. The number of carboxylic acid groups (broad SMARTS) is 1. The zero-order valence-electron chi connectivity index (χ0n) is 20.2. The standard InChI is InChI=1S/C24H29N3O2.C2HF3O2/c1-17(15-29-18-6-4-3-5-7-18)27-13-11-24(16-27)23-20(10-12-25-24)21-14-19(28-2)8-9-22(21)26-23;3-2(4,5)1(6)7/h3-9,14,17,25-26H,10-13,15-16H2,1-2H3;(H,6,7). The third-order valence-electron chi connectivity index (χ3n) is 6.83. The number of aliphatic carboxylic acids is 1. The molecule has 1 fully saturated rings. The number of likely N-dealkylation sites (tertiary alicyclic amines) is 1. The molecule has 2 atom stereocenters. The molecule has 0 radical (unpaired) electrons. The van der Waals surface area contributed by atoms with Crippen LogP contribution in [0.5, 0.6) is 11.5 Å². The van der Waals surface area contributed by atoms with Crippen molar-refractivity contribution in [1.82, 2.24) is 15.2 Å². The summed E-state index contributed by atoms with van der Waals surface area (Å²) in [7, 11) is 1.73. The second-order valence-corrected chi connectivity index (χ2v) is 9.15. The van der Waals surface area contributed by atoms with Crippen molar-refractivity contribution in [3.8, 4) is 11.5 Å². The highest BCUT2D eigenvalue weighted by atomic mass is 19.4. The Morgan fingerprint density at radius 1 is 1.19 bits per heavy atom. The van der Waals surface area contributed by atoms with Gasteiger partial charge in [-0.25, -0.2) is 4.79 Å². The van der Waals surface area contributed by atoms with Crippen LogP contribution in [-0.4, -0.2) is 66.5 Å². The number of methoxy groups -OCH3 is 1. The number of hydrogen-bond acceptors (Lipinski definition) is 5. The number of rotatable bonds is 5. The molecule has 0 saturated carbocycles. The van der Waals surface area contributed by atoms with Crippen LogP contribution in [0.4, 0.5) is 13.2 Å². The first kappa shape index (κ1) is 25.8. The minimum atomic E-state index is -5.08. The van der Waals surface area contributed by atoms with E-state index in [2.05, 4.69) is 34.3 Å². The minimum Gasteiger partial charge on any atom is -0.497 e. The highest BCUT2D eigenvalue weighted by Crippen LogP contribution is 2.40. The number of carbonyl (C=O) groups is 1. The lowest BCUT2D eigenvalue weighted by molar-refractivity contribution is -0.192. The van der Waals surface area contributed by atoms with Crippen LogP contribution in [0.1, 0.15) is 24.6 Å². The Bertz CT molecular complexity index is 1200. The molecule has 2 unspecified atom stereocenters. The quantitative estimate of drug-likeness (QED) is 0.479. The molecule has 5 rings (SSSR count). The Morgan fingerprint density at radius 3 is 2.58 bits per heavy atom. The van der Waals surface area contributed by atoms with E-state index in [-0.39, 0.29) is 5.54 Å². The molecule has 3 N–H and O–H groups in total. The zero-order valence-corrected chi connectivity index (χ0v) is 20.2. The van der Waals surface area contributed by atoms with Crippen LogP contribution >= 0.6 is 0 Å². The van der Waals surface area contributed by atoms with Gasteiger partial charge in [0.15, 0.2) is 0 Å². The fourth-order valence-corrected chi connectivity index (χ4v) is 4.94. The highest BCUT2D eigenvalue weighted by molar-refractivity contribution is 5.87. The van der Waals surface area contributed by atoms with Crippen molar-refractivity contribution in [2.45, 2.75) is 37.5 Å². The summed E-state index contributed by atoms with van der Waals surface area (Å²) in [5.74, 6) is -0.894. The van der Waals surface area contributed by atoms with Gasteiger partial charge in [0.25, 0.3) is 0 Å². The Balaban J connectivity index is 0.000000384. The summed E-state index contributed by atoms with van der Waals surface area (Å²) >= 11 is 0. The van der Waals surface area contributed by atoms with Gasteiger partial charge < -0.3 is 24.9 Å². The Kier molecular flexibility index (Phi) is 7.46. The maximum Gasteiger partial charge on any atom is 0.490 e. The van der Waals surface area contributed by atoms with Crippen molar-refractivity contribution in [2.24, 2.45) is 0 Å². The first-order valence-corrected chi connectivity index (χ1v) is 11.8. The van der Waals surface area contributed by atoms with E-state index in [1.54, 1.807) is 7.11 Å². The molecule has 2 aliphatic heterocycles. The molecule has 2 aromatic carbocycles. The van der Waals surface area contributed by atoms with Gasteiger partial charge in [-0.2, -0.15) is 13.2 Å². The average molecular weight is 506 g/mol. The monoisotopic (exact) mass is 505 g/mol. The molecular formula is C26H30F3N3O4. The van der Waals surface area contributed by atoms with Crippen LogP contribution in [0, 0.1) is 0 Å². The summed E-state index contributed by atoms with van der Waals surface area (Å²) in [6.07, 6.45) is -2.92. The highest BCUT2D eigenvalue weighted by Gasteiger charge is 2.45. The first-order chi connectivity index (χ1) is 17.1. The van der Waals surface area contributed by atoms with Crippen LogP contribution in [0.2, 0.25) is 0 Å². The van der Waals surface area contributed by atoms with E-state index in [4.69, 9.17) is 19.4 Å². The third kappa shape index (κ3) is 5.44. The maximum atomic E-state index is 10.6. The Hall–Kier alpha value is -3.24. The van der Waals surface area contributed by atoms with Crippen LogP contribution in [0.25, 0.3) is 10.9 Å². The lowest BCUT2D eigenvalue weighted by Crippen LogP contribution is -2.50. The molecule has 2 aliphatic rings. The summed E-state index contributed by atoms with van der Waals surface area (Å²) in [5, 5.41) is 12.3. The summed E-state index contributed by atoms with van der Waals surface area (Å²) in [6, 6.07) is 16.8. The summed E-state index contributed by atoms with van der Waals surface area (Å²) in [6.45, 7) is 6.06. The van der Waals surface area contributed by atoms with E-state index in [9.17, 15) is 13.2 Å². The number of hydrogen-bond donors (Lipinski definition) is 3. The molecule has 10 heteroatoms. The van der Waals surface area contributed by atoms with Gasteiger partial charge in [-0.3, -0.25) is 4.90 Å². The molecule has 36 heavy (non-hydrogen) atoms. The number of nitrogens with one attached hydrogen (secondary N) is 2. The van der Waals surface area contributed by atoms with Crippen LogP contribution < -0.4 is 14.8 Å². The zero-order chi connectivity index (χ0) is 25.9. The van der Waals surface area contributed by atoms with Gasteiger partial charge in [-0.1, -0.05) is 18.2 Å². The first-order valence-electron chi connectivity index (χ1n) is 11.8. The molecule has 7 nitrogen and oxygen atoms in total. The number of para-hydroxylation sites is 1. The molecule has 1 saturated heterocycles. The summed E-state index contributed by atoms with van der Waals surface area (Å²) in [5.41, 5.74) is 4.03. The number of ether oxygens (including phenoxy) is 2. The lowest BCUT2D eigenvalue weighted by Gasteiger charge is -2.36. The van der Waals surface area contributed by atoms with E-state index >= 15 is 0 Å². The van der Waals surface area contributed by atoms with Crippen LogP contribution in [0.15, 0.2) is 48.5 Å². The SMILES string of the molecule is COc1ccc2[nH]c3c(c2c1)CCNC31CCN(C(C)COc2ccccc2)C1.O=C(O)C(F)(F)F. The number of nitrogens with zero attached hydrogens (tertiary/aromatic N) is 1. The van der Waals surface area contributed by atoms with Crippen molar-refractivity contribution < 1.29 is 32.5 Å². The van der Waals surface area contributed by atoms with E-state index in [1.807, 2.05) is 36.4 Å². The van der Waals surface area contributed by atoms with E-state index in [1.165, 1.54) is 22.2 Å². The van der Waals surface area contributed by atoms with Gasteiger partial charge in [0.2, 0.25) is 0 Å². The number of fused-ring (bicyclic) bond motifs is 4. The molecule has 0 amide bonds. The van der Waals surface area contributed by atoms with Crippen molar-refractivity contribution in [3.05, 3.63) is 59.8 Å². The predicted molar refractivity (Wildman–Crippen MR) is 130 cm³/mol. The van der Waals surface area contributed by atoms with Gasteiger partial charge in [-0.05, 0) is 55.7 Å². The number of carboxylic acids is 1. The van der Waals surface area contributed by atoms with Gasteiger partial charge in [-0.15, -0.1) is 0 Å². The topological polar surface area (TPSA) is 86.8 Å². The van der Waals surface area contributed by atoms with Crippen LogP contribution in [-0.2, 0) is 16.8 Å². The fourth-order valence-electron chi connectivity index (χ4n) is 4.94. The minimum absolute atomic E-state index is 0.000839. The van der Waals surface area contributed by atoms with E-state index in [0.717, 1.165) is 44.0 Å². The number of H-pyrrole nitrogens is 1. The predicted octanol–water partition coefficient (Wildman–Crippen LogP) is 4.32. The van der Waals surface area contributed by atoms with Gasteiger partial charge in [0.1, 0.15) is 18.1 Å². The Morgan fingerprint density at radius 2 is 1.92 bits per heavy atom. The van der Waals surface area contributed by atoms with Crippen LogP contribution in [0.3, 0.4) is 0 Å². The average Bonchev–Trinajstić information content (AvgIpc) is 3.46. The second kappa shape index (κ2) is 10.4. The number of aromatic nitrogens is 1.